The van der Waals surface area contributed by atoms with Crippen molar-refractivity contribution in [2.75, 3.05) is 0 Å². The Hall–Kier alpha value is -3.88. The van der Waals surface area contributed by atoms with Crippen molar-refractivity contribution in [1.29, 1.82) is 0 Å². The summed E-state index contributed by atoms with van der Waals surface area (Å²) in [6, 6.07) is 41.5. The van der Waals surface area contributed by atoms with Crippen molar-refractivity contribution >= 4 is 43.9 Å². The molecule has 1 heterocycles. The molecule has 0 spiro atoms. The Morgan fingerprint density at radius 1 is 0.514 bits per heavy atom. The SMILES string of the molecule is C/C=C/n1c2ccc(-c3ccccc3)cc2c2cc(-c3cccc(-c4ccc(Br)cc4)c3)ccc21. The predicted octanol–water partition coefficient (Wildman–Crippen LogP) is 10.0. The molecule has 0 aliphatic rings. The molecule has 0 amide bonds. The van der Waals surface area contributed by atoms with Crippen molar-refractivity contribution < 1.29 is 0 Å². The second-order valence-electron chi connectivity index (χ2n) is 8.77. The Kier molecular flexibility index (Phi) is 5.60. The fraction of sp³-hybridized carbons (Fsp3) is 0.0303. The molecule has 1 aromatic heterocycles. The molecule has 0 saturated heterocycles. The summed E-state index contributed by atoms with van der Waals surface area (Å²) in [7, 11) is 0. The van der Waals surface area contributed by atoms with Gasteiger partial charge in [0.25, 0.3) is 0 Å². The van der Waals surface area contributed by atoms with Crippen LogP contribution in [0.2, 0.25) is 0 Å². The van der Waals surface area contributed by atoms with Gasteiger partial charge in [0.2, 0.25) is 0 Å². The third-order valence-corrected chi connectivity index (χ3v) is 7.11. The van der Waals surface area contributed by atoms with E-state index in [-0.39, 0.29) is 0 Å². The molecule has 6 rings (SSSR count). The summed E-state index contributed by atoms with van der Waals surface area (Å²) < 4.78 is 3.39. The van der Waals surface area contributed by atoms with E-state index < -0.39 is 0 Å². The normalized spacial score (nSPS) is 11.6. The van der Waals surface area contributed by atoms with Gasteiger partial charge in [0.1, 0.15) is 0 Å². The van der Waals surface area contributed by atoms with Gasteiger partial charge in [-0.3, -0.25) is 0 Å². The van der Waals surface area contributed by atoms with Crippen molar-refractivity contribution in [3.63, 3.8) is 0 Å². The van der Waals surface area contributed by atoms with Crippen LogP contribution in [0.4, 0.5) is 0 Å². The number of rotatable bonds is 4. The maximum atomic E-state index is 3.54. The molecular weight excluding hydrogens is 490 g/mol. The summed E-state index contributed by atoms with van der Waals surface area (Å²) in [6.07, 6.45) is 4.25. The van der Waals surface area contributed by atoms with Gasteiger partial charge in [-0.1, -0.05) is 94.8 Å². The fourth-order valence-electron chi connectivity index (χ4n) is 4.87. The number of fused-ring (bicyclic) bond motifs is 3. The standard InChI is InChI=1S/C33H24BrN/c1-2-19-35-32-17-13-27(23-7-4-3-5-8-23)21-30(32)31-22-28(14-18-33(31)35)26-10-6-9-25(20-26)24-11-15-29(34)16-12-24/h2-22H,1H3/b19-2+. The van der Waals surface area contributed by atoms with E-state index in [9.17, 15) is 0 Å². The van der Waals surface area contributed by atoms with E-state index in [0.29, 0.717) is 0 Å². The summed E-state index contributed by atoms with van der Waals surface area (Å²) in [4.78, 5) is 0. The van der Waals surface area contributed by atoms with Crippen LogP contribution in [0.1, 0.15) is 6.92 Å². The number of nitrogens with zero attached hydrogens (tertiary/aromatic N) is 1. The maximum absolute atomic E-state index is 3.54. The van der Waals surface area contributed by atoms with E-state index in [1.165, 1.54) is 55.2 Å². The largest absolute Gasteiger partial charge is 0.316 e. The van der Waals surface area contributed by atoms with Gasteiger partial charge >= 0.3 is 0 Å². The van der Waals surface area contributed by atoms with E-state index >= 15 is 0 Å². The van der Waals surface area contributed by atoms with Crippen LogP contribution in [0.3, 0.4) is 0 Å². The molecule has 0 radical (unpaired) electrons. The molecule has 0 N–H and O–H groups in total. The second-order valence-corrected chi connectivity index (χ2v) is 9.69. The molecule has 0 atom stereocenters. The molecule has 6 aromatic rings. The second kappa shape index (κ2) is 9.05. The molecule has 0 bridgehead atoms. The van der Waals surface area contributed by atoms with E-state index in [4.69, 9.17) is 0 Å². The molecular formula is C33H24BrN. The molecule has 0 fully saturated rings. The number of halogens is 1. The van der Waals surface area contributed by atoms with Gasteiger partial charge in [-0.2, -0.15) is 0 Å². The van der Waals surface area contributed by atoms with E-state index in [0.717, 1.165) is 4.47 Å². The molecule has 2 heteroatoms. The van der Waals surface area contributed by atoms with Gasteiger partial charge < -0.3 is 4.57 Å². The predicted molar refractivity (Wildman–Crippen MR) is 154 cm³/mol. The number of hydrogen-bond donors (Lipinski definition) is 0. The van der Waals surface area contributed by atoms with Crippen LogP contribution in [-0.4, -0.2) is 4.57 Å². The highest BCUT2D eigenvalue weighted by Crippen LogP contribution is 2.36. The first kappa shape index (κ1) is 21.6. The van der Waals surface area contributed by atoms with Crippen molar-refractivity contribution in [2.45, 2.75) is 6.92 Å². The highest BCUT2D eigenvalue weighted by Gasteiger charge is 2.12. The van der Waals surface area contributed by atoms with Crippen molar-refractivity contribution in [3.05, 3.63) is 126 Å². The van der Waals surface area contributed by atoms with Gasteiger partial charge in [-0.15, -0.1) is 0 Å². The highest BCUT2D eigenvalue weighted by atomic mass is 79.9. The third-order valence-electron chi connectivity index (χ3n) is 6.58. The van der Waals surface area contributed by atoms with E-state index in [1.54, 1.807) is 0 Å². The van der Waals surface area contributed by atoms with Gasteiger partial charge in [-0.25, -0.2) is 0 Å². The van der Waals surface area contributed by atoms with E-state index in [1.807, 2.05) is 0 Å². The maximum Gasteiger partial charge on any atom is 0.0535 e. The number of allylic oxidation sites excluding steroid dienone is 1. The first-order chi connectivity index (χ1) is 17.2. The molecule has 0 aliphatic heterocycles. The summed E-state index contributed by atoms with van der Waals surface area (Å²) in [5.74, 6) is 0. The number of aromatic nitrogens is 1. The molecule has 0 aliphatic carbocycles. The number of hydrogen-bond acceptors (Lipinski definition) is 0. The van der Waals surface area contributed by atoms with Gasteiger partial charge in [0.15, 0.2) is 0 Å². The fourth-order valence-corrected chi connectivity index (χ4v) is 5.14. The van der Waals surface area contributed by atoms with Crippen LogP contribution in [0.15, 0.2) is 126 Å². The molecule has 0 unspecified atom stereocenters. The Bertz CT molecular complexity index is 1690. The summed E-state index contributed by atoms with van der Waals surface area (Å²) in [6.45, 7) is 2.07. The first-order valence-electron chi connectivity index (χ1n) is 11.8. The van der Waals surface area contributed by atoms with Crippen molar-refractivity contribution in [1.82, 2.24) is 4.57 Å². The lowest BCUT2D eigenvalue weighted by Gasteiger charge is -2.07. The van der Waals surface area contributed by atoms with Gasteiger partial charge in [0, 0.05) is 21.4 Å². The lowest BCUT2D eigenvalue weighted by molar-refractivity contribution is 1.28. The molecule has 0 saturated carbocycles. The third kappa shape index (κ3) is 4.00. The average molecular weight is 514 g/mol. The molecule has 1 nitrogen and oxygen atoms in total. The zero-order valence-corrected chi connectivity index (χ0v) is 21.0. The zero-order chi connectivity index (χ0) is 23.8. The van der Waals surface area contributed by atoms with Crippen LogP contribution >= 0.6 is 15.9 Å². The van der Waals surface area contributed by atoms with Crippen LogP contribution < -0.4 is 0 Å². The van der Waals surface area contributed by atoms with Crippen LogP contribution in [0.25, 0.3) is 61.4 Å². The lowest BCUT2D eigenvalue weighted by Crippen LogP contribution is -1.86. The van der Waals surface area contributed by atoms with E-state index in [2.05, 4.69) is 155 Å². The zero-order valence-electron chi connectivity index (χ0n) is 19.4. The topological polar surface area (TPSA) is 4.93 Å². The van der Waals surface area contributed by atoms with Crippen molar-refractivity contribution in [2.24, 2.45) is 0 Å². The minimum atomic E-state index is 1.09. The van der Waals surface area contributed by atoms with Gasteiger partial charge in [-0.05, 0) is 82.8 Å². The monoisotopic (exact) mass is 513 g/mol. The Morgan fingerprint density at radius 3 is 1.63 bits per heavy atom. The van der Waals surface area contributed by atoms with Crippen molar-refractivity contribution in [3.8, 4) is 33.4 Å². The number of benzene rings is 5. The van der Waals surface area contributed by atoms with Crippen LogP contribution in [0.5, 0.6) is 0 Å². The molecule has 35 heavy (non-hydrogen) atoms. The minimum absolute atomic E-state index is 1.09. The molecule has 168 valence electrons. The Balaban J connectivity index is 1.53. The van der Waals surface area contributed by atoms with Crippen LogP contribution in [0, 0.1) is 0 Å². The quantitative estimate of drug-likeness (QED) is 0.221. The Morgan fingerprint density at radius 2 is 1.00 bits per heavy atom. The first-order valence-corrected chi connectivity index (χ1v) is 12.6. The Labute approximate surface area is 214 Å². The summed E-state index contributed by atoms with van der Waals surface area (Å²) in [5.41, 5.74) is 9.79. The smallest absolute Gasteiger partial charge is 0.0535 e. The highest BCUT2D eigenvalue weighted by molar-refractivity contribution is 9.10. The minimum Gasteiger partial charge on any atom is -0.316 e. The summed E-state index contributed by atoms with van der Waals surface area (Å²) in [5, 5.41) is 2.53. The molecule has 5 aromatic carbocycles. The summed E-state index contributed by atoms with van der Waals surface area (Å²) >= 11 is 3.54. The van der Waals surface area contributed by atoms with Gasteiger partial charge in [0.05, 0.1) is 11.0 Å². The van der Waals surface area contributed by atoms with Crippen LogP contribution in [-0.2, 0) is 0 Å². The lowest BCUT2D eigenvalue weighted by atomic mass is 9.97. The average Bonchev–Trinajstić information content (AvgIpc) is 3.22.